The molecule has 0 saturated carbocycles. The normalized spacial score (nSPS) is 9.56. The van der Waals surface area contributed by atoms with Crippen LogP contribution < -0.4 is 10.5 Å². The minimum atomic E-state index is -0.468. The molecule has 1 rings (SSSR count). The largest absolute Gasteiger partial charge is 0.388 e. The lowest BCUT2D eigenvalue weighted by Gasteiger charge is -1.86. The van der Waals surface area contributed by atoms with E-state index in [9.17, 15) is 4.39 Å². The summed E-state index contributed by atoms with van der Waals surface area (Å²) in [6, 6.07) is 2.95. The fourth-order valence-electron chi connectivity index (χ4n) is 0.459. The minimum absolute atomic E-state index is 0.468. The molecule has 1 aromatic heterocycles. The first-order valence-corrected chi connectivity index (χ1v) is 3.11. The van der Waals surface area contributed by atoms with Crippen LogP contribution in [0.15, 0.2) is 22.8 Å². The van der Waals surface area contributed by atoms with E-state index in [2.05, 4.69) is 15.9 Å². The van der Waals surface area contributed by atoms with Gasteiger partial charge >= 0.3 is 5.95 Å². The van der Waals surface area contributed by atoms with Crippen molar-refractivity contribution in [3.8, 4) is 0 Å². The molecule has 4 heteroatoms. The summed E-state index contributed by atoms with van der Waals surface area (Å²) in [6.45, 7) is 0. The number of halogens is 2. The molecular formula is C5H5BrFN2+. The lowest BCUT2D eigenvalue weighted by molar-refractivity contribution is -0.669. The van der Waals surface area contributed by atoms with Gasteiger partial charge in [-0.2, -0.15) is 0 Å². The zero-order chi connectivity index (χ0) is 6.85. The highest BCUT2D eigenvalue weighted by molar-refractivity contribution is 9.10. The molecule has 0 saturated heterocycles. The molecule has 0 amide bonds. The van der Waals surface area contributed by atoms with Gasteiger partial charge in [-0.25, -0.2) is 5.84 Å². The second-order valence-corrected chi connectivity index (χ2v) is 2.49. The quantitative estimate of drug-likeness (QED) is 0.364. The van der Waals surface area contributed by atoms with Gasteiger partial charge in [0.05, 0.1) is 6.07 Å². The van der Waals surface area contributed by atoms with Crippen LogP contribution >= 0.6 is 15.9 Å². The average Bonchev–Trinajstić information content (AvgIpc) is 1.80. The summed E-state index contributed by atoms with van der Waals surface area (Å²) in [6.07, 6.45) is 1.43. The number of aromatic nitrogens is 1. The Kier molecular flexibility index (Phi) is 1.66. The fraction of sp³-hybridized carbons (Fsp3) is 0. The maximum Gasteiger partial charge on any atom is 0.388 e. The van der Waals surface area contributed by atoms with E-state index in [1.165, 1.54) is 12.3 Å². The van der Waals surface area contributed by atoms with Crippen LogP contribution in [-0.4, -0.2) is 0 Å². The van der Waals surface area contributed by atoms with Crippen molar-refractivity contribution in [1.29, 1.82) is 0 Å². The first-order chi connectivity index (χ1) is 4.20. The van der Waals surface area contributed by atoms with Gasteiger partial charge in [-0.05, 0) is 0 Å². The van der Waals surface area contributed by atoms with Crippen LogP contribution in [-0.2, 0) is 0 Å². The van der Waals surface area contributed by atoms with E-state index < -0.39 is 5.95 Å². The van der Waals surface area contributed by atoms with Gasteiger partial charge in [-0.3, -0.25) is 0 Å². The molecule has 0 aliphatic carbocycles. The van der Waals surface area contributed by atoms with Gasteiger partial charge in [0.2, 0.25) is 6.20 Å². The Bertz CT molecular complexity index is 226. The Labute approximate surface area is 60.2 Å². The number of nitrogens with two attached hydrogens (primary N) is 1. The summed E-state index contributed by atoms with van der Waals surface area (Å²) < 4.78 is 14.0. The highest BCUT2D eigenvalue weighted by Crippen LogP contribution is 2.05. The standard InChI is InChI=1S/C5H5BrFN2/c6-4-1-2-9(8)5(7)3-4/h1-3H,8H2/q+1. The summed E-state index contributed by atoms with van der Waals surface area (Å²) in [4.78, 5) is 0. The van der Waals surface area contributed by atoms with Crippen LogP contribution in [0, 0.1) is 5.95 Å². The number of nitrogen functional groups attached to an aromatic ring is 1. The molecule has 0 aromatic carbocycles. The molecular weight excluding hydrogens is 187 g/mol. The maximum atomic E-state index is 12.4. The van der Waals surface area contributed by atoms with Gasteiger partial charge in [0.25, 0.3) is 0 Å². The van der Waals surface area contributed by atoms with Gasteiger partial charge in [-0.1, -0.05) is 20.6 Å². The van der Waals surface area contributed by atoms with E-state index >= 15 is 0 Å². The average molecular weight is 192 g/mol. The maximum absolute atomic E-state index is 12.4. The number of nitrogens with zero attached hydrogens (tertiary/aromatic N) is 1. The van der Waals surface area contributed by atoms with Crippen molar-refractivity contribution in [3.63, 3.8) is 0 Å². The zero-order valence-corrected chi connectivity index (χ0v) is 6.10. The highest BCUT2D eigenvalue weighted by Gasteiger charge is 2.04. The predicted octanol–water partition coefficient (Wildman–Crippen LogP) is 0.589. The zero-order valence-electron chi connectivity index (χ0n) is 4.51. The first kappa shape index (κ1) is 6.48. The molecule has 1 aromatic rings. The lowest BCUT2D eigenvalue weighted by Crippen LogP contribution is -2.47. The number of rotatable bonds is 0. The molecule has 0 spiro atoms. The monoisotopic (exact) mass is 191 g/mol. The molecule has 2 nitrogen and oxygen atoms in total. The van der Waals surface area contributed by atoms with Crippen LogP contribution in [0.2, 0.25) is 0 Å². The van der Waals surface area contributed by atoms with E-state index in [4.69, 9.17) is 5.84 Å². The summed E-state index contributed by atoms with van der Waals surface area (Å²) in [5, 5.41) is 0. The third-order valence-electron chi connectivity index (χ3n) is 0.898. The van der Waals surface area contributed by atoms with Crippen molar-refractivity contribution in [1.82, 2.24) is 0 Å². The third kappa shape index (κ3) is 1.38. The van der Waals surface area contributed by atoms with Gasteiger partial charge in [0, 0.05) is 10.5 Å². The van der Waals surface area contributed by atoms with Crippen LogP contribution in [0.5, 0.6) is 0 Å². The van der Waals surface area contributed by atoms with Crippen molar-refractivity contribution in [2.75, 3.05) is 5.84 Å². The lowest BCUT2D eigenvalue weighted by atomic mass is 10.5. The minimum Gasteiger partial charge on any atom is -0.203 e. The molecule has 0 aliphatic rings. The molecule has 48 valence electrons. The Morgan fingerprint density at radius 2 is 2.33 bits per heavy atom. The van der Waals surface area contributed by atoms with Crippen LogP contribution in [0.25, 0.3) is 0 Å². The fourth-order valence-corrected chi connectivity index (χ4v) is 0.766. The molecule has 2 N–H and O–H groups in total. The van der Waals surface area contributed by atoms with E-state index in [0.29, 0.717) is 4.47 Å². The first-order valence-electron chi connectivity index (χ1n) is 2.32. The summed E-state index contributed by atoms with van der Waals surface area (Å²) in [7, 11) is 0. The molecule has 0 atom stereocenters. The molecule has 9 heavy (non-hydrogen) atoms. The Morgan fingerprint density at radius 1 is 1.67 bits per heavy atom. The highest BCUT2D eigenvalue weighted by atomic mass is 79.9. The molecule has 1 heterocycles. The van der Waals surface area contributed by atoms with E-state index in [1.54, 1.807) is 6.07 Å². The molecule has 0 aliphatic heterocycles. The third-order valence-corrected chi connectivity index (χ3v) is 1.39. The predicted molar refractivity (Wildman–Crippen MR) is 34.4 cm³/mol. The van der Waals surface area contributed by atoms with Crippen LogP contribution in [0.3, 0.4) is 0 Å². The smallest absolute Gasteiger partial charge is 0.203 e. The van der Waals surface area contributed by atoms with Crippen molar-refractivity contribution in [2.45, 2.75) is 0 Å². The van der Waals surface area contributed by atoms with E-state index in [0.717, 1.165) is 4.68 Å². The van der Waals surface area contributed by atoms with Crippen LogP contribution in [0.1, 0.15) is 0 Å². The van der Waals surface area contributed by atoms with Crippen molar-refractivity contribution >= 4 is 15.9 Å². The molecule has 0 unspecified atom stereocenters. The van der Waals surface area contributed by atoms with Crippen molar-refractivity contribution in [2.24, 2.45) is 0 Å². The van der Waals surface area contributed by atoms with Crippen LogP contribution in [0.4, 0.5) is 4.39 Å². The summed E-state index contributed by atoms with van der Waals surface area (Å²) >= 11 is 3.09. The second kappa shape index (κ2) is 2.31. The summed E-state index contributed by atoms with van der Waals surface area (Å²) in [5.41, 5.74) is 0. The number of hydrogen-bond donors (Lipinski definition) is 1. The van der Waals surface area contributed by atoms with Gasteiger partial charge in [0.15, 0.2) is 0 Å². The number of hydrogen-bond acceptors (Lipinski definition) is 1. The Balaban J connectivity index is 3.17. The van der Waals surface area contributed by atoms with Crippen molar-refractivity contribution < 1.29 is 9.07 Å². The van der Waals surface area contributed by atoms with Gasteiger partial charge in [-0.15, -0.1) is 4.39 Å². The summed E-state index contributed by atoms with van der Waals surface area (Å²) in [5.74, 6) is 4.64. The van der Waals surface area contributed by atoms with Gasteiger partial charge < -0.3 is 0 Å². The number of pyridine rings is 1. The van der Waals surface area contributed by atoms with E-state index in [1.807, 2.05) is 0 Å². The van der Waals surface area contributed by atoms with Crippen molar-refractivity contribution in [3.05, 3.63) is 28.7 Å². The van der Waals surface area contributed by atoms with Gasteiger partial charge in [0.1, 0.15) is 0 Å². The molecule has 0 bridgehead atoms. The Hall–Kier alpha value is -0.640. The second-order valence-electron chi connectivity index (χ2n) is 1.57. The molecule has 0 fully saturated rings. The molecule has 0 radical (unpaired) electrons. The topological polar surface area (TPSA) is 29.9 Å². The SMILES string of the molecule is N[n+]1ccc(Br)cc1F. The van der Waals surface area contributed by atoms with E-state index in [-0.39, 0.29) is 0 Å². The Morgan fingerprint density at radius 3 is 2.78 bits per heavy atom.